The van der Waals surface area contributed by atoms with Gasteiger partial charge < -0.3 is 95.3 Å². The van der Waals surface area contributed by atoms with Crippen LogP contribution in [0.25, 0.3) is 55.2 Å². The van der Waals surface area contributed by atoms with E-state index in [4.69, 9.17) is 45.9 Å². The van der Waals surface area contributed by atoms with Gasteiger partial charge in [0.05, 0.1) is 51.1 Å². The third kappa shape index (κ3) is 14.8. The van der Waals surface area contributed by atoms with Crippen LogP contribution in [0.2, 0.25) is 0 Å². The fraction of sp³-hybridized carbons (Fsp3) is 0.357. The maximum Gasteiger partial charge on any atom is 0.239 e. The molecule has 0 saturated carbocycles. The first-order valence-corrected chi connectivity index (χ1v) is 28.9. The zero-order valence-electron chi connectivity index (χ0n) is 48.8. The largest absolute Gasteiger partial charge is 0.383 e. The van der Waals surface area contributed by atoms with Gasteiger partial charge in [0, 0.05) is 102 Å². The molecule has 470 valence electrons. The summed E-state index contributed by atoms with van der Waals surface area (Å²) in [6, 6.07) is 3.15. The lowest BCUT2D eigenvalue weighted by Crippen LogP contribution is -2.49. The zero-order chi connectivity index (χ0) is 63.6. The fourth-order valence-electron chi connectivity index (χ4n) is 11.1. The van der Waals surface area contributed by atoms with Crippen LogP contribution in [0, 0.1) is 0 Å². The third-order valence-electron chi connectivity index (χ3n) is 15.3. The van der Waals surface area contributed by atoms with Gasteiger partial charge in [-0.05, 0) is 56.1 Å². The van der Waals surface area contributed by atoms with E-state index in [9.17, 15) is 28.8 Å². The highest BCUT2D eigenvalue weighted by Gasteiger charge is 2.29. The van der Waals surface area contributed by atoms with E-state index >= 15 is 0 Å². The number of hydrogen-bond donors (Lipinski definition) is 13. The Labute approximate surface area is 511 Å². The second-order valence-corrected chi connectivity index (χ2v) is 22.0. The Hall–Kier alpha value is -11.2. The number of nitrogen functional groups attached to an aromatic ring is 5. The third-order valence-corrected chi connectivity index (χ3v) is 15.3. The molecule has 21 N–H and O–H groups in total. The molecule has 0 aliphatic carbocycles. The number of carbonyl (C=O) groups excluding carboxylic acids is 6. The fourth-order valence-corrected chi connectivity index (χ4v) is 11.1. The molecule has 0 spiro atoms. The number of nitrogens with zero attached hydrogens (tertiary/aromatic N) is 15. The standard InChI is InChI=1S/C56H70N28O6/c57-9-2-1-3-40(51(64)90)79-45(89)19-34(24-84-14-8-39-50(63)69-29-74-56(39)84)78-44(88)18-33(23-83-13-7-38-49(62)68-28-73-55(38)83)77-43(87)17-32(22-82-12-6-37-48(61)67-27-72-54(37)82)76-42(86)16-31(21-81-11-5-36-47(60)66-26-71-53(36)81)75-41(85)15-30(58)20-80-10-4-35-46(59)65-25-70-52(35)80/h4-8,10-14,25-34,40H,1-3,9,15-24,57-58H2,(H2,64,90)(H,75,85)(H,76,86)(H,77,87)(H,78,88)(H,79,89)(H2,59,65,70)(H2,60,66,71)(H2,61,67,72)(H2,62,68,73)(H2,63,69,74)/t30-,31-,32-,33-,34-,40-/m0/s1. The molecule has 0 aliphatic heterocycles. The van der Waals surface area contributed by atoms with Gasteiger partial charge >= 0.3 is 0 Å². The molecule has 0 fully saturated rings. The number of amides is 6. The van der Waals surface area contributed by atoms with Gasteiger partial charge in [-0.2, -0.15) is 0 Å². The smallest absolute Gasteiger partial charge is 0.239 e. The summed E-state index contributed by atoms with van der Waals surface area (Å²) in [5.74, 6) is -2.31. The van der Waals surface area contributed by atoms with Crippen LogP contribution in [0.3, 0.4) is 0 Å². The summed E-state index contributed by atoms with van der Waals surface area (Å²) < 4.78 is 8.65. The number of carbonyl (C=O) groups is 6. The van der Waals surface area contributed by atoms with Gasteiger partial charge in [0.1, 0.15) is 95.0 Å². The molecule has 10 aromatic heterocycles. The first kappa shape index (κ1) is 61.9. The second-order valence-electron chi connectivity index (χ2n) is 22.0. The topological polar surface area (TPSA) is 524 Å². The highest BCUT2D eigenvalue weighted by atomic mass is 16.2. The maximum atomic E-state index is 14.8. The first-order chi connectivity index (χ1) is 43.4. The molecule has 0 saturated heterocycles. The van der Waals surface area contributed by atoms with Crippen LogP contribution in [-0.4, -0.2) is 151 Å². The van der Waals surface area contributed by atoms with Crippen molar-refractivity contribution >= 4 is 120 Å². The molecular weight excluding hydrogens is 1160 g/mol. The Bertz CT molecular complexity index is 4250. The minimum Gasteiger partial charge on any atom is -0.383 e. The van der Waals surface area contributed by atoms with Crippen molar-refractivity contribution in [3.05, 3.63) is 93.0 Å². The molecular formula is C56H70N28O6. The molecule has 10 rings (SSSR count). The lowest BCUT2D eigenvalue weighted by atomic mass is 10.1. The maximum absolute atomic E-state index is 14.8. The molecule has 6 atom stereocenters. The average molecular weight is 1230 g/mol. The highest BCUT2D eigenvalue weighted by molar-refractivity contribution is 5.91. The van der Waals surface area contributed by atoms with Gasteiger partial charge in [-0.15, -0.1) is 0 Å². The van der Waals surface area contributed by atoms with Crippen molar-refractivity contribution in [2.24, 2.45) is 17.2 Å². The van der Waals surface area contributed by atoms with Crippen molar-refractivity contribution in [2.75, 3.05) is 35.2 Å². The van der Waals surface area contributed by atoms with Gasteiger partial charge in [0.25, 0.3) is 0 Å². The van der Waals surface area contributed by atoms with Crippen LogP contribution in [0.4, 0.5) is 29.1 Å². The number of primary amides is 1. The van der Waals surface area contributed by atoms with Crippen LogP contribution in [0.15, 0.2) is 93.0 Å². The molecule has 10 aromatic rings. The number of fused-ring (bicyclic) bond motifs is 5. The average Bonchev–Trinajstić information content (AvgIpc) is 1.92. The van der Waals surface area contributed by atoms with Crippen molar-refractivity contribution in [2.45, 2.75) is 120 Å². The molecule has 34 nitrogen and oxygen atoms in total. The Morgan fingerprint density at radius 1 is 0.378 bits per heavy atom. The minimum atomic E-state index is -0.996. The predicted molar refractivity (Wildman–Crippen MR) is 333 cm³/mol. The van der Waals surface area contributed by atoms with Gasteiger partial charge in [0.15, 0.2) is 0 Å². The Balaban J connectivity index is 0.897. The molecule has 0 bridgehead atoms. The monoisotopic (exact) mass is 1230 g/mol. The van der Waals surface area contributed by atoms with Gasteiger partial charge in [-0.3, -0.25) is 28.8 Å². The van der Waals surface area contributed by atoms with Crippen LogP contribution in [0.1, 0.15) is 51.4 Å². The van der Waals surface area contributed by atoms with E-state index in [2.05, 4.69) is 76.4 Å². The van der Waals surface area contributed by atoms with Gasteiger partial charge in [-0.25, -0.2) is 49.8 Å². The number of nitrogens with one attached hydrogen (secondary N) is 5. The van der Waals surface area contributed by atoms with Crippen LogP contribution in [-0.2, 0) is 61.5 Å². The van der Waals surface area contributed by atoms with Crippen molar-refractivity contribution in [3.8, 4) is 0 Å². The zero-order valence-corrected chi connectivity index (χ0v) is 48.8. The number of aromatic nitrogens is 15. The second kappa shape index (κ2) is 27.7. The van der Waals surface area contributed by atoms with E-state index < -0.39 is 71.7 Å². The SMILES string of the molecule is NCCCC[C@H](NC(=O)C[C@@H](Cn1ccc2c(N)ncnc21)NC(=O)C[C@@H](Cn1ccc2c(N)ncnc21)NC(=O)C[C@@H](Cn1ccc2c(N)ncnc21)NC(=O)C[C@@H](Cn1ccc2c(N)ncnc21)NC(=O)C[C@H](N)Cn1ccc2c(N)ncnc21)C(N)=O. The number of anilines is 5. The molecule has 0 radical (unpaired) electrons. The van der Waals surface area contributed by atoms with Crippen LogP contribution in [0.5, 0.6) is 0 Å². The number of unbranched alkanes of at least 4 members (excludes halogenated alkanes) is 1. The molecule has 0 aromatic carbocycles. The van der Waals surface area contributed by atoms with E-state index in [1.54, 1.807) is 84.2 Å². The first-order valence-electron chi connectivity index (χ1n) is 28.9. The molecule has 0 unspecified atom stereocenters. The molecule has 90 heavy (non-hydrogen) atoms. The Morgan fingerprint density at radius 3 is 0.922 bits per heavy atom. The lowest BCUT2D eigenvalue weighted by molar-refractivity contribution is -0.128. The molecule has 0 aliphatic rings. The van der Waals surface area contributed by atoms with Crippen LogP contribution >= 0.6 is 0 Å². The normalized spacial score (nSPS) is 13.7. The summed E-state index contributed by atoms with van der Waals surface area (Å²) in [5.41, 5.74) is 51.1. The summed E-state index contributed by atoms with van der Waals surface area (Å²) >= 11 is 0. The van der Waals surface area contributed by atoms with Gasteiger partial charge in [-0.1, -0.05) is 0 Å². The van der Waals surface area contributed by atoms with Crippen molar-refractivity contribution in [3.63, 3.8) is 0 Å². The van der Waals surface area contributed by atoms with Crippen LogP contribution < -0.4 is 72.5 Å². The predicted octanol–water partition coefficient (Wildman–Crippen LogP) is -1.56. The molecule has 10 heterocycles. The summed E-state index contributed by atoms with van der Waals surface area (Å²) in [7, 11) is 0. The summed E-state index contributed by atoms with van der Waals surface area (Å²) in [6.45, 7) is 0.602. The highest BCUT2D eigenvalue weighted by Crippen LogP contribution is 2.24. The molecule has 6 amide bonds. The Kier molecular flexibility index (Phi) is 19.0. The van der Waals surface area contributed by atoms with Crippen molar-refractivity contribution in [1.82, 2.24) is 99.3 Å². The number of hydrogen-bond acceptors (Lipinski definition) is 23. The van der Waals surface area contributed by atoms with E-state index in [1.807, 2.05) is 0 Å². The molecule has 34 heteroatoms. The van der Waals surface area contributed by atoms with E-state index in [-0.39, 0.29) is 94.5 Å². The van der Waals surface area contributed by atoms with E-state index in [0.29, 0.717) is 80.4 Å². The summed E-state index contributed by atoms with van der Waals surface area (Å²) in [5, 5.41) is 17.5. The van der Waals surface area contributed by atoms with Gasteiger partial charge in [0.2, 0.25) is 35.4 Å². The number of rotatable bonds is 30. The summed E-state index contributed by atoms with van der Waals surface area (Å²) in [4.78, 5) is 127. The Morgan fingerprint density at radius 2 is 0.644 bits per heavy atom. The van der Waals surface area contributed by atoms with E-state index in [0.717, 1.165) is 0 Å². The van der Waals surface area contributed by atoms with Crippen molar-refractivity contribution < 1.29 is 28.8 Å². The van der Waals surface area contributed by atoms with Crippen molar-refractivity contribution in [1.29, 1.82) is 0 Å². The quantitative estimate of drug-likeness (QED) is 0.0226. The minimum absolute atomic E-state index is 0.0105. The van der Waals surface area contributed by atoms with E-state index in [1.165, 1.54) is 31.6 Å². The number of nitrogens with two attached hydrogens (primary N) is 8. The lowest BCUT2D eigenvalue weighted by Gasteiger charge is -2.26. The summed E-state index contributed by atoms with van der Waals surface area (Å²) in [6.07, 6.45) is 15.0.